The van der Waals surface area contributed by atoms with Gasteiger partial charge < -0.3 is 4.90 Å². The van der Waals surface area contributed by atoms with Crippen molar-refractivity contribution in [3.05, 3.63) is 230 Å². The summed E-state index contributed by atoms with van der Waals surface area (Å²) in [6.45, 7) is -0.411. The fourth-order valence-corrected chi connectivity index (χ4v) is 11.7. The second-order valence-corrected chi connectivity index (χ2v) is 18.3. The van der Waals surface area contributed by atoms with Crippen LogP contribution in [0.1, 0.15) is 29.3 Å². The highest BCUT2D eigenvalue weighted by Gasteiger charge is 2.49. The molecular formula is C59H42B2N8. The third kappa shape index (κ3) is 6.21. The zero-order valence-corrected chi connectivity index (χ0v) is 37.6. The van der Waals surface area contributed by atoms with Gasteiger partial charge in [0.1, 0.15) is 17.5 Å². The van der Waals surface area contributed by atoms with Crippen LogP contribution in [-0.2, 0) is 12.8 Å². The first kappa shape index (κ1) is 39.5. The summed E-state index contributed by atoms with van der Waals surface area (Å²) < 4.78 is 0. The van der Waals surface area contributed by atoms with E-state index in [1.807, 2.05) is 24.8 Å². The fourth-order valence-electron chi connectivity index (χ4n) is 11.7. The highest BCUT2D eigenvalue weighted by Crippen LogP contribution is 2.46. The van der Waals surface area contributed by atoms with Gasteiger partial charge in [-0.3, -0.25) is 24.8 Å². The van der Waals surface area contributed by atoms with Crippen molar-refractivity contribution in [2.75, 3.05) is 14.7 Å². The minimum absolute atomic E-state index is 0.167. The van der Waals surface area contributed by atoms with Crippen LogP contribution in [0.4, 0.5) is 51.6 Å². The number of nitrogens with zero attached hydrogens (tertiary/aromatic N) is 8. The van der Waals surface area contributed by atoms with Crippen molar-refractivity contribution < 1.29 is 0 Å². The lowest BCUT2D eigenvalue weighted by Crippen LogP contribution is -2.65. The van der Waals surface area contributed by atoms with Crippen molar-refractivity contribution in [2.24, 2.45) is 0 Å². The first-order valence-corrected chi connectivity index (χ1v) is 23.9. The van der Waals surface area contributed by atoms with E-state index in [4.69, 9.17) is 24.9 Å². The van der Waals surface area contributed by atoms with Crippen molar-refractivity contribution in [3.63, 3.8) is 0 Å². The lowest BCUT2D eigenvalue weighted by atomic mass is 9.31. The summed E-state index contributed by atoms with van der Waals surface area (Å²) in [5.41, 5.74) is 19.1. The summed E-state index contributed by atoms with van der Waals surface area (Å²) in [6, 6.07) is 64.9. The van der Waals surface area contributed by atoms with Crippen LogP contribution in [-0.4, -0.2) is 38.3 Å². The van der Waals surface area contributed by atoms with Gasteiger partial charge in [-0.15, -0.1) is 0 Å². The molecule has 8 nitrogen and oxygen atoms in total. The Morgan fingerprint density at radius 1 is 0.464 bits per heavy atom. The van der Waals surface area contributed by atoms with Gasteiger partial charge >= 0.3 is 0 Å². The van der Waals surface area contributed by atoms with Crippen LogP contribution in [0, 0.1) is 0 Å². The van der Waals surface area contributed by atoms with Gasteiger partial charge in [-0.05, 0) is 118 Å². The van der Waals surface area contributed by atoms with Crippen molar-refractivity contribution in [1.82, 2.24) is 24.9 Å². The van der Waals surface area contributed by atoms with Gasteiger partial charge in [0.05, 0.1) is 5.69 Å². The lowest BCUT2D eigenvalue weighted by molar-refractivity contribution is 0.604. The second-order valence-electron chi connectivity index (χ2n) is 18.3. The third-order valence-electron chi connectivity index (χ3n) is 14.6. The van der Waals surface area contributed by atoms with Gasteiger partial charge in [0, 0.05) is 82.3 Å². The molecule has 10 heteroatoms. The van der Waals surface area contributed by atoms with Gasteiger partial charge in [0.25, 0.3) is 13.4 Å². The fraction of sp³-hybridized carbons (Fsp3) is 0.0678. The third-order valence-corrected chi connectivity index (χ3v) is 14.6. The smallest absolute Gasteiger partial charge is 0.258 e. The SMILES string of the molecule is c1ccc(CCC2Cc3nccc4c3B(c3cccnc32)c2cc3c(nc2N4c2ccccc2)N(c2ccccc2)c2nccc4c2B3c2cnccc2N4c2ccccc2-c2ccccc2)cc1. The molecule has 0 bridgehead atoms. The molecule has 1 unspecified atom stereocenters. The van der Waals surface area contributed by atoms with Crippen molar-refractivity contribution in [2.45, 2.75) is 25.2 Å². The first-order chi connectivity index (χ1) is 34.3. The largest absolute Gasteiger partial charge is 0.311 e. The molecule has 69 heavy (non-hydrogen) atoms. The minimum atomic E-state index is -0.238. The molecule has 324 valence electrons. The van der Waals surface area contributed by atoms with Gasteiger partial charge in [-0.25, -0.2) is 9.97 Å². The predicted molar refractivity (Wildman–Crippen MR) is 282 cm³/mol. The highest BCUT2D eigenvalue weighted by atomic mass is 15.3. The molecule has 0 radical (unpaired) electrons. The molecule has 14 rings (SSSR count). The number of anilines is 9. The molecule has 10 aromatic rings. The van der Waals surface area contributed by atoms with E-state index in [1.165, 1.54) is 16.5 Å². The van der Waals surface area contributed by atoms with E-state index in [0.717, 1.165) is 115 Å². The van der Waals surface area contributed by atoms with E-state index >= 15 is 0 Å². The van der Waals surface area contributed by atoms with Gasteiger partial charge in [0.15, 0.2) is 0 Å². The first-order valence-electron chi connectivity index (χ1n) is 23.9. The molecule has 5 aromatic heterocycles. The van der Waals surface area contributed by atoms with E-state index in [0.29, 0.717) is 0 Å². The highest BCUT2D eigenvalue weighted by molar-refractivity contribution is 7.02. The summed E-state index contributed by atoms with van der Waals surface area (Å²) in [5, 5.41) is 0. The standard InChI is InChI=1S/C59H42B2N8/c1-5-16-39(17-6-1)27-28-41-36-49-54-52(30-34-63-49)67(42-20-9-3-10-21-42)57-46(60(54)45-25-15-32-64-56(41)45)37-47-58(66-57)68(43-22-11-4-12-23-43)59-55-53(31-35-65-59)69(51-29-33-62-38-48(51)61(47)55)50-26-14-13-24-44(50)40-18-7-2-8-19-40/h1-26,29-35,37-38,41H,27-28,36H2. The number of para-hydroxylation sites is 3. The number of rotatable bonds is 7. The Morgan fingerprint density at radius 2 is 1.10 bits per heavy atom. The zero-order valence-electron chi connectivity index (χ0n) is 37.6. The zero-order chi connectivity index (χ0) is 45.4. The summed E-state index contributed by atoms with van der Waals surface area (Å²) in [7, 11) is 0. The molecule has 9 heterocycles. The molecular weight excluding hydrogens is 842 g/mol. The number of aryl methyl sites for hydroxylation is 1. The summed E-state index contributed by atoms with van der Waals surface area (Å²) >= 11 is 0. The average Bonchev–Trinajstić information content (AvgIpc) is 3.56. The Bertz CT molecular complexity index is 3600. The average molecular weight is 885 g/mol. The maximum Gasteiger partial charge on any atom is 0.258 e. The normalized spacial score (nSPS) is 14.7. The Balaban J connectivity index is 1.04. The van der Waals surface area contributed by atoms with Crippen molar-refractivity contribution >= 4 is 97.8 Å². The monoisotopic (exact) mass is 884 g/mol. The quantitative estimate of drug-likeness (QED) is 0.147. The predicted octanol–water partition coefficient (Wildman–Crippen LogP) is 8.98. The van der Waals surface area contributed by atoms with Gasteiger partial charge in [-0.1, -0.05) is 127 Å². The summed E-state index contributed by atoms with van der Waals surface area (Å²) in [4.78, 5) is 33.9. The topological polar surface area (TPSA) is 74.2 Å². The Hall–Kier alpha value is -8.62. The van der Waals surface area contributed by atoms with Crippen molar-refractivity contribution in [3.8, 4) is 11.1 Å². The Labute approximate surface area is 401 Å². The minimum Gasteiger partial charge on any atom is -0.311 e. The summed E-state index contributed by atoms with van der Waals surface area (Å²) in [5.74, 6) is 2.74. The molecule has 4 aliphatic rings. The number of pyridine rings is 5. The molecule has 0 aliphatic carbocycles. The van der Waals surface area contributed by atoms with Gasteiger partial charge in [-0.2, -0.15) is 0 Å². The molecule has 0 saturated carbocycles. The van der Waals surface area contributed by atoms with Crippen LogP contribution in [0.5, 0.6) is 0 Å². The number of hydrogen-bond donors (Lipinski definition) is 0. The lowest BCUT2D eigenvalue weighted by Gasteiger charge is -2.44. The van der Waals surface area contributed by atoms with Crippen LogP contribution >= 0.6 is 0 Å². The Morgan fingerprint density at radius 3 is 1.88 bits per heavy atom. The molecule has 0 fully saturated rings. The van der Waals surface area contributed by atoms with Gasteiger partial charge in [0.2, 0.25) is 0 Å². The molecule has 0 amide bonds. The van der Waals surface area contributed by atoms with E-state index < -0.39 is 0 Å². The maximum atomic E-state index is 6.01. The molecule has 0 saturated heterocycles. The number of hydrogen-bond acceptors (Lipinski definition) is 8. The van der Waals surface area contributed by atoms with Crippen molar-refractivity contribution in [1.29, 1.82) is 0 Å². The maximum absolute atomic E-state index is 6.01. The molecule has 5 aromatic carbocycles. The van der Waals surface area contributed by atoms with Crippen LogP contribution in [0.25, 0.3) is 11.1 Å². The Kier molecular flexibility index (Phi) is 9.18. The van der Waals surface area contributed by atoms with E-state index in [1.54, 1.807) is 0 Å². The van der Waals surface area contributed by atoms with Crippen LogP contribution in [0.2, 0.25) is 0 Å². The number of aromatic nitrogens is 5. The molecule has 0 N–H and O–H groups in total. The molecule has 1 atom stereocenters. The number of benzene rings is 5. The van der Waals surface area contributed by atoms with Crippen LogP contribution < -0.4 is 47.5 Å². The van der Waals surface area contributed by atoms with E-state index in [9.17, 15) is 0 Å². The van der Waals surface area contributed by atoms with Crippen LogP contribution in [0.15, 0.2) is 213 Å². The van der Waals surface area contributed by atoms with E-state index in [-0.39, 0.29) is 19.3 Å². The van der Waals surface area contributed by atoms with E-state index in [2.05, 4.69) is 203 Å². The molecule has 0 spiro atoms. The van der Waals surface area contributed by atoms with Crippen LogP contribution in [0.3, 0.4) is 0 Å². The second kappa shape index (κ2) is 16.0. The molecule has 4 aliphatic heterocycles. The summed E-state index contributed by atoms with van der Waals surface area (Å²) in [6.07, 6.45) is 12.6. The number of fused-ring (bicyclic) bond motifs is 8.